The lowest BCUT2D eigenvalue weighted by molar-refractivity contribution is 0.0858. The topological polar surface area (TPSA) is 62.4 Å². The number of oxime groups is 1. The second-order valence-corrected chi connectivity index (χ2v) is 7.10. The van der Waals surface area contributed by atoms with Crippen molar-refractivity contribution in [2.75, 3.05) is 21.3 Å². The monoisotopic (exact) mass is 403 g/mol. The SMILES string of the molecule is COc1cc(C2=NOC(c3ccc4oc5ccccc5c4c3)C2)cc(OC)c1OC. The van der Waals surface area contributed by atoms with E-state index in [1.165, 1.54) is 0 Å². The maximum Gasteiger partial charge on any atom is 0.203 e. The highest BCUT2D eigenvalue weighted by Gasteiger charge is 2.26. The summed E-state index contributed by atoms with van der Waals surface area (Å²) < 4.78 is 22.2. The minimum absolute atomic E-state index is 0.169. The van der Waals surface area contributed by atoms with Crippen LogP contribution in [0.2, 0.25) is 0 Å². The van der Waals surface area contributed by atoms with Crippen LogP contribution in [0.15, 0.2) is 64.2 Å². The van der Waals surface area contributed by atoms with Crippen LogP contribution < -0.4 is 14.2 Å². The van der Waals surface area contributed by atoms with E-state index in [9.17, 15) is 0 Å². The predicted octanol–water partition coefficient (Wildman–Crippen LogP) is 5.48. The third kappa shape index (κ3) is 2.92. The molecular formula is C24H21NO5. The van der Waals surface area contributed by atoms with Crippen molar-refractivity contribution < 1.29 is 23.5 Å². The summed E-state index contributed by atoms with van der Waals surface area (Å²) in [7, 11) is 4.78. The highest BCUT2D eigenvalue weighted by Crippen LogP contribution is 2.40. The van der Waals surface area contributed by atoms with E-state index in [1.54, 1.807) is 21.3 Å². The van der Waals surface area contributed by atoms with E-state index >= 15 is 0 Å². The summed E-state index contributed by atoms with van der Waals surface area (Å²) in [6.07, 6.45) is 0.470. The molecule has 1 aromatic heterocycles. The van der Waals surface area contributed by atoms with Crippen LogP contribution in [0.1, 0.15) is 23.7 Å². The van der Waals surface area contributed by atoms with Gasteiger partial charge in [0.2, 0.25) is 5.75 Å². The Labute approximate surface area is 173 Å². The fourth-order valence-electron chi connectivity index (χ4n) is 3.92. The molecule has 0 aliphatic carbocycles. The third-order valence-corrected chi connectivity index (χ3v) is 5.44. The van der Waals surface area contributed by atoms with Crippen LogP contribution in [0.25, 0.3) is 21.9 Å². The standard InChI is InChI=1S/C24H21NO5/c1-26-22-11-15(12-23(27-2)24(22)28-3)18-13-21(30-25-18)14-8-9-20-17(10-14)16-6-4-5-7-19(16)29-20/h4-12,21H,13H2,1-3H3. The smallest absolute Gasteiger partial charge is 0.203 e. The summed E-state index contributed by atoms with van der Waals surface area (Å²) in [6.45, 7) is 0. The third-order valence-electron chi connectivity index (χ3n) is 5.44. The molecule has 1 aliphatic rings. The van der Waals surface area contributed by atoms with E-state index in [0.29, 0.717) is 23.7 Å². The zero-order valence-electron chi connectivity index (χ0n) is 17.0. The molecule has 0 fully saturated rings. The van der Waals surface area contributed by atoms with Gasteiger partial charge in [-0.3, -0.25) is 0 Å². The van der Waals surface area contributed by atoms with Gasteiger partial charge in [0.15, 0.2) is 17.6 Å². The number of hydrogen-bond acceptors (Lipinski definition) is 6. The van der Waals surface area contributed by atoms with Gasteiger partial charge in [0, 0.05) is 22.8 Å². The van der Waals surface area contributed by atoms with Crippen molar-refractivity contribution in [1.82, 2.24) is 0 Å². The van der Waals surface area contributed by atoms with Gasteiger partial charge in [-0.05, 0) is 35.9 Å². The average molecular weight is 403 g/mol. The summed E-state index contributed by atoms with van der Waals surface area (Å²) in [5.41, 5.74) is 4.51. The zero-order chi connectivity index (χ0) is 20.7. The lowest BCUT2D eigenvalue weighted by Gasteiger charge is -2.14. The molecule has 6 heteroatoms. The first-order valence-electron chi connectivity index (χ1n) is 9.66. The van der Waals surface area contributed by atoms with Crippen molar-refractivity contribution in [3.8, 4) is 17.2 Å². The second kappa shape index (κ2) is 7.30. The molecule has 0 spiro atoms. The molecular weight excluding hydrogens is 382 g/mol. The summed E-state index contributed by atoms with van der Waals surface area (Å²) >= 11 is 0. The van der Waals surface area contributed by atoms with E-state index < -0.39 is 0 Å². The lowest BCUT2D eigenvalue weighted by atomic mass is 9.98. The highest BCUT2D eigenvalue weighted by atomic mass is 16.6. The fourth-order valence-corrected chi connectivity index (χ4v) is 3.92. The Morgan fingerprint density at radius 2 is 1.57 bits per heavy atom. The van der Waals surface area contributed by atoms with Crippen molar-refractivity contribution >= 4 is 27.7 Å². The molecule has 2 heterocycles. The van der Waals surface area contributed by atoms with Crippen LogP contribution in [-0.4, -0.2) is 27.0 Å². The first-order valence-corrected chi connectivity index (χ1v) is 9.66. The largest absolute Gasteiger partial charge is 0.493 e. The number of hydrogen-bond donors (Lipinski definition) is 0. The van der Waals surface area contributed by atoms with Gasteiger partial charge in [-0.15, -0.1) is 0 Å². The number of ether oxygens (including phenoxy) is 3. The number of benzene rings is 3. The van der Waals surface area contributed by atoms with Gasteiger partial charge < -0.3 is 23.5 Å². The molecule has 0 saturated carbocycles. The Morgan fingerprint density at radius 3 is 2.30 bits per heavy atom. The molecule has 0 saturated heterocycles. The van der Waals surface area contributed by atoms with E-state index in [0.717, 1.165) is 38.8 Å². The molecule has 0 N–H and O–H groups in total. The maximum absolute atomic E-state index is 5.92. The molecule has 1 unspecified atom stereocenters. The first kappa shape index (κ1) is 18.4. The molecule has 5 rings (SSSR count). The van der Waals surface area contributed by atoms with Gasteiger partial charge >= 0.3 is 0 Å². The lowest BCUT2D eigenvalue weighted by Crippen LogP contribution is -2.04. The Bertz CT molecular complexity index is 1250. The number of furan rings is 1. The second-order valence-electron chi connectivity index (χ2n) is 7.10. The average Bonchev–Trinajstić information content (AvgIpc) is 3.42. The molecule has 0 radical (unpaired) electrons. The fraction of sp³-hybridized carbons (Fsp3) is 0.208. The Hall–Kier alpha value is -3.67. The normalized spacial score (nSPS) is 15.8. The van der Waals surface area contributed by atoms with Gasteiger partial charge in [-0.1, -0.05) is 29.4 Å². The Balaban J connectivity index is 1.46. The van der Waals surface area contributed by atoms with E-state index in [1.807, 2.05) is 42.5 Å². The van der Waals surface area contributed by atoms with Gasteiger partial charge in [0.1, 0.15) is 11.2 Å². The molecule has 0 amide bonds. The van der Waals surface area contributed by atoms with Crippen LogP contribution in [0.3, 0.4) is 0 Å². The summed E-state index contributed by atoms with van der Waals surface area (Å²) in [5, 5.41) is 6.51. The van der Waals surface area contributed by atoms with Gasteiger partial charge in [-0.25, -0.2) is 0 Å². The van der Waals surface area contributed by atoms with E-state index in [2.05, 4.69) is 17.3 Å². The van der Waals surface area contributed by atoms with Crippen LogP contribution in [0.4, 0.5) is 0 Å². The van der Waals surface area contributed by atoms with Crippen molar-refractivity contribution in [2.45, 2.75) is 12.5 Å². The van der Waals surface area contributed by atoms with Crippen LogP contribution in [0.5, 0.6) is 17.2 Å². The molecule has 1 atom stereocenters. The van der Waals surface area contributed by atoms with Gasteiger partial charge in [-0.2, -0.15) is 0 Å². The summed E-state index contributed by atoms with van der Waals surface area (Å²) in [5.74, 6) is 1.73. The number of methoxy groups -OCH3 is 3. The molecule has 6 nitrogen and oxygen atoms in total. The van der Waals surface area contributed by atoms with E-state index in [-0.39, 0.29) is 6.10 Å². The van der Waals surface area contributed by atoms with Crippen molar-refractivity contribution in [3.63, 3.8) is 0 Å². The van der Waals surface area contributed by atoms with Gasteiger partial charge in [0.25, 0.3) is 0 Å². The quantitative estimate of drug-likeness (QED) is 0.442. The Kier molecular flexibility index (Phi) is 4.47. The highest BCUT2D eigenvalue weighted by molar-refractivity contribution is 6.05. The van der Waals surface area contributed by atoms with Crippen molar-refractivity contribution in [2.24, 2.45) is 5.16 Å². The van der Waals surface area contributed by atoms with Crippen LogP contribution in [0, 0.1) is 0 Å². The molecule has 1 aliphatic heterocycles. The van der Waals surface area contributed by atoms with Crippen molar-refractivity contribution in [3.05, 3.63) is 65.7 Å². The first-order chi connectivity index (χ1) is 14.7. The minimum atomic E-state index is -0.169. The Morgan fingerprint density at radius 1 is 0.833 bits per heavy atom. The number of fused-ring (bicyclic) bond motifs is 3. The molecule has 152 valence electrons. The maximum atomic E-state index is 5.92. The molecule has 30 heavy (non-hydrogen) atoms. The minimum Gasteiger partial charge on any atom is -0.493 e. The molecule has 4 aromatic rings. The number of rotatable bonds is 5. The van der Waals surface area contributed by atoms with Crippen LogP contribution >= 0.6 is 0 Å². The number of nitrogens with zero attached hydrogens (tertiary/aromatic N) is 1. The zero-order valence-corrected chi connectivity index (χ0v) is 17.0. The van der Waals surface area contributed by atoms with Gasteiger partial charge in [0.05, 0.1) is 27.0 Å². The van der Waals surface area contributed by atoms with Crippen molar-refractivity contribution in [1.29, 1.82) is 0 Å². The van der Waals surface area contributed by atoms with Crippen LogP contribution in [-0.2, 0) is 4.84 Å². The summed E-state index contributed by atoms with van der Waals surface area (Å²) in [6, 6.07) is 18.0. The molecule has 0 bridgehead atoms. The molecule has 3 aromatic carbocycles. The number of para-hydroxylation sites is 1. The predicted molar refractivity (Wildman–Crippen MR) is 115 cm³/mol. The van der Waals surface area contributed by atoms with E-state index in [4.69, 9.17) is 23.5 Å². The summed E-state index contributed by atoms with van der Waals surface area (Å²) in [4.78, 5) is 5.79.